The Kier molecular flexibility index (Phi) is 2.84. The smallest absolute Gasteiger partial charge is 0.176 e. The lowest BCUT2D eigenvalue weighted by Gasteiger charge is -2.03. The highest BCUT2D eigenvalue weighted by Gasteiger charge is 2.09. The molecule has 1 aromatic heterocycles. The van der Waals surface area contributed by atoms with Crippen LogP contribution in [0.2, 0.25) is 10.2 Å². The number of aromatic nitrogens is 2. The van der Waals surface area contributed by atoms with E-state index < -0.39 is 0 Å². The van der Waals surface area contributed by atoms with Crippen molar-refractivity contribution in [1.82, 2.24) is 9.78 Å². The number of halogens is 2. The summed E-state index contributed by atoms with van der Waals surface area (Å²) < 4.78 is 6.59. The molecule has 1 heterocycles. The highest BCUT2D eigenvalue weighted by atomic mass is 35.5. The minimum absolute atomic E-state index is 0.430. The summed E-state index contributed by atoms with van der Waals surface area (Å²) >= 11 is 11.9. The van der Waals surface area contributed by atoms with Gasteiger partial charge in [-0.2, -0.15) is 5.10 Å². The Hall–Kier alpha value is -1.19. The number of hydrogen-bond donors (Lipinski definition) is 0. The Morgan fingerprint density at radius 3 is 2.73 bits per heavy atom. The van der Waals surface area contributed by atoms with Crippen LogP contribution in [0.1, 0.15) is 0 Å². The van der Waals surface area contributed by atoms with Crippen LogP contribution in [-0.2, 0) is 0 Å². The first-order valence-corrected chi connectivity index (χ1v) is 5.01. The van der Waals surface area contributed by atoms with Gasteiger partial charge in [0, 0.05) is 5.02 Å². The van der Waals surface area contributed by atoms with Gasteiger partial charge in [-0.3, -0.25) is 0 Å². The lowest BCUT2D eigenvalue weighted by atomic mass is 10.3. The van der Waals surface area contributed by atoms with Crippen LogP contribution in [0.5, 0.6) is 5.75 Å². The molecule has 2 aromatic rings. The third-order valence-corrected chi connectivity index (χ3v) is 2.53. The SMILES string of the molecule is COc1cnn(-c2cccc(Cl)c2)c1Cl. The molecule has 0 fully saturated rings. The topological polar surface area (TPSA) is 27.1 Å². The van der Waals surface area contributed by atoms with Crippen LogP contribution >= 0.6 is 23.2 Å². The second-order valence-corrected chi connectivity index (χ2v) is 3.69. The van der Waals surface area contributed by atoms with Gasteiger partial charge < -0.3 is 4.74 Å². The third-order valence-electron chi connectivity index (χ3n) is 1.95. The van der Waals surface area contributed by atoms with E-state index in [0.717, 1.165) is 5.69 Å². The molecule has 78 valence electrons. The van der Waals surface area contributed by atoms with E-state index in [-0.39, 0.29) is 0 Å². The van der Waals surface area contributed by atoms with Crippen molar-refractivity contribution in [3.63, 3.8) is 0 Å². The fourth-order valence-corrected chi connectivity index (χ4v) is 1.70. The van der Waals surface area contributed by atoms with E-state index in [2.05, 4.69) is 5.10 Å². The molecule has 0 bridgehead atoms. The summed E-state index contributed by atoms with van der Waals surface area (Å²) in [6.07, 6.45) is 1.56. The maximum atomic E-state index is 6.04. The van der Waals surface area contributed by atoms with Gasteiger partial charge in [-0.25, -0.2) is 4.68 Å². The minimum atomic E-state index is 0.430. The van der Waals surface area contributed by atoms with Crippen molar-refractivity contribution in [1.29, 1.82) is 0 Å². The summed E-state index contributed by atoms with van der Waals surface area (Å²) in [5.74, 6) is 0.539. The summed E-state index contributed by atoms with van der Waals surface area (Å²) in [5, 5.41) is 5.17. The Bertz CT molecular complexity index is 482. The summed E-state index contributed by atoms with van der Waals surface area (Å²) in [4.78, 5) is 0. The van der Waals surface area contributed by atoms with E-state index in [1.54, 1.807) is 30.1 Å². The van der Waals surface area contributed by atoms with Crippen molar-refractivity contribution in [2.45, 2.75) is 0 Å². The fourth-order valence-electron chi connectivity index (χ4n) is 1.24. The predicted molar refractivity (Wildman–Crippen MR) is 60.1 cm³/mol. The van der Waals surface area contributed by atoms with Crippen LogP contribution in [0.25, 0.3) is 5.69 Å². The van der Waals surface area contributed by atoms with Gasteiger partial charge in [0.15, 0.2) is 10.9 Å². The largest absolute Gasteiger partial charge is 0.492 e. The first-order chi connectivity index (χ1) is 7.22. The van der Waals surface area contributed by atoms with E-state index in [9.17, 15) is 0 Å². The lowest BCUT2D eigenvalue weighted by molar-refractivity contribution is 0.415. The maximum absolute atomic E-state index is 6.04. The molecule has 2 rings (SSSR count). The number of benzene rings is 1. The van der Waals surface area contributed by atoms with Gasteiger partial charge in [0.2, 0.25) is 0 Å². The van der Waals surface area contributed by atoms with Gasteiger partial charge in [-0.05, 0) is 18.2 Å². The van der Waals surface area contributed by atoms with E-state index in [0.29, 0.717) is 15.9 Å². The van der Waals surface area contributed by atoms with Crippen LogP contribution < -0.4 is 4.74 Å². The molecule has 0 radical (unpaired) electrons. The van der Waals surface area contributed by atoms with E-state index in [1.165, 1.54) is 0 Å². The van der Waals surface area contributed by atoms with Crippen LogP contribution in [0, 0.1) is 0 Å². The Balaban J connectivity index is 2.49. The molecular formula is C10H8Cl2N2O. The molecule has 3 nitrogen and oxygen atoms in total. The van der Waals surface area contributed by atoms with E-state index in [1.807, 2.05) is 12.1 Å². The van der Waals surface area contributed by atoms with Gasteiger partial charge in [0.1, 0.15) is 0 Å². The molecular weight excluding hydrogens is 235 g/mol. The molecule has 0 N–H and O–H groups in total. The van der Waals surface area contributed by atoms with Crippen LogP contribution in [-0.4, -0.2) is 16.9 Å². The number of rotatable bonds is 2. The Morgan fingerprint density at radius 1 is 1.33 bits per heavy atom. The molecule has 0 atom stereocenters. The summed E-state index contributed by atoms with van der Waals surface area (Å²) in [5.41, 5.74) is 0.802. The zero-order valence-corrected chi connectivity index (χ0v) is 9.46. The molecule has 0 aliphatic heterocycles. The fraction of sp³-hybridized carbons (Fsp3) is 0.100. The minimum Gasteiger partial charge on any atom is -0.492 e. The quantitative estimate of drug-likeness (QED) is 0.809. The average molecular weight is 243 g/mol. The van der Waals surface area contributed by atoms with Gasteiger partial charge in [0.05, 0.1) is 19.0 Å². The molecule has 0 spiro atoms. The Morgan fingerprint density at radius 2 is 2.13 bits per heavy atom. The molecule has 0 amide bonds. The third kappa shape index (κ3) is 1.94. The zero-order chi connectivity index (χ0) is 10.8. The van der Waals surface area contributed by atoms with Crippen molar-refractivity contribution in [3.8, 4) is 11.4 Å². The molecule has 0 saturated heterocycles. The lowest BCUT2D eigenvalue weighted by Crippen LogP contribution is -1.95. The van der Waals surface area contributed by atoms with E-state index in [4.69, 9.17) is 27.9 Å². The van der Waals surface area contributed by atoms with Crippen LogP contribution in [0.4, 0.5) is 0 Å². The maximum Gasteiger partial charge on any atom is 0.176 e. The first-order valence-electron chi connectivity index (χ1n) is 4.26. The highest BCUT2D eigenvalue weighted by Crippen LogP contribution is 2.26. The Labute approximate surface area is 97.2 Å². The molecule has 1 aromatic carbocycles. The highest BCUT2D eigenvalue weighted by molar-refractivity contribution is 6.31. The predicted octanol–water partition coefficient (Wildman–Crippen LogP) is 3.19. The standard InChI is InChI=1S/C10H8Cl2N2O/c1-15-9-6-13-14(10(9)12)8-4-2-3-7(11)5-8/h2-6H,1H3. The monoisotopic (exact) mass is 242 g/mol. The summed E-state index contributed by atoms with van der Waals surface area (Å²) in [7, 11) is 1.55. The van der Waals surface area contributed by atoms with Gasteiger partial charge >= 0.3 is 0 Å². The first kappa shape index (κ1) is 10.3. The van der Waals surface area contributed by atoms with Gasteiger partial charge in [-0.15, -0.1) is 0 Å². The average Bonchev–Trinajstić information content (AvgIpc) is 2.59. The second-order valence-electron chi connectivity index (χ2n) is 2.90. The van der Waals surface area contributed by atoms with Crippen molar-refractivity contribution >= 4 is 23.2 Å². The van der Waals surface area contributed by atoms with Crippen LogP contribution in [0.3, 0.4) is 0 Å². The number of ether oxygens (including phenoxy) is 1. The van der Waals surface area contributed by atoms with Crippen molar-refractivity contribution in [3.05, 3.63) is 40.6 Å². The van der Waals surface area contributed by atoms with Crippen molar-refractivity contribution < 1.29 is 4.74 Å². The number of nitrogens with zero attached hydrogens (tertiary/aromatic N) is 2. The van der Waals surface area contributed by atoms with Gasteiger partial charge in [0.25, 0.3) is 0 Å². The van der Waals surface area contributed by atoms with Crippen molar-refractivity contribution in [2.24, 2.45) is 0 Å². The molecule has 5 heteroatoms. The molecule has 15 heavy (non-hydrogen) atoms. The molecule has 0 saturated carbocycles. The van der Waals surface area contributed by atoms with E-state index >= 15 is 0 Å². The number of methoxy groups -OCH3 is 1. The summed E-state index contributed by atoms with van der Waals surface area (Å²) in [6, 6.07) is 7.27. The molecule has 0 aliphatic rings. The van der Waals surface area contributed by atoms with Crippen molar-refractivity contribution in [2.75, 3.05) is 7.11 Å². The van der Waals surface area contributed by atoms with Gasteiger partial charge in [-0.1, -0.05) is 29.3 Å². The second kappa shape index (κ2) is 4.13. The number of hydrogen-bond acceptors (Lipinski definition) is 2. The molecule has 0 unspecified atom stereocenters. The summed E-state index contributed by atoms with van der Waals surface area (Å²) in [6.45, 7) is 0. The van der Waals surface area contributed by atoms with Crippen LogP contribution in [0.15, 0.2) is 30.5 Å². The normalized spacial score (nSPS) is 10.3. The zero-order valence-electron chi connectivity index (χ0n) is 7.95. The molecule has 0 aliphatic carbocycles.